The number of urea groups is 1. The molecule has 3 fully saturated rings. The van der Waals surface area contributed by atoms with Crippen molar-refractivity contribution in [2.75, 3.05) is 62.7 Å². The van der Waals surface area contributed by atoms with Gasteiger partial charge in [0.25, 0.3) is 0 Å². The molecule has 3 heterocycles. The van der Waals surface area contributed by atoms with Gasteiger partial charge in [-0.25, -0.2) is 4.79 Å². The van der Waals surface area contributed by atoms with E-state index in [9.17, 15) is 9.59 Å². The van der Waals surface area contributed by atoms with Crippen molar-refractivity contribution >= 4 is 34.9 Å². The van der Waals surface area contributed by atoms with Crippen LogP contribution in [0.15, 0.2) is 18.2 Å². The van der Waals surface area contributed by atoms with Crippen molar-refractivity contribution < 1.29 is 14.3 Å². The van der Waals surface area contributed by atoms with Crippen molar-refractivity contribution in [3.63, 3.8) is 0 Å². The topological polar surface area (TPSA) is 65.1 Å². The normalized spacial score (nSPS) is 20.8. The smallest absolute Gasteiger partial charge is 0.319 e. The van der Waals surface area contributed by atoms with Crippen LogP contribution in [0.2, 0.25) is 5.02 Å². The maximum Gasteiger partial charge on any atom is 0.319 e. The average Bonchev–Trinajstić information content (AvgIpc) is 3.29. The summed E-state index contributed by atoms with van der Waals surface area (Å²) in [5.74, 6) is -0.0794. The van der Waals surface area contributed by atoms with Crippen LogP contribution >= 0.6 is 11.6 Å². The van der Waals surface area contributed by atoms with Gasteiger partial charge < -0.3 is 24.8 Å². The summed E-state index contributed by atoms with van der Waals surface area (Å²) in [6.45, 7) is 5.94. The van der Waals surface area contributed by atoms with Crippen molar-refractivity contribution in [2.45, 2.75) is 25.7 Å². The highest BCUT2D eigenvalue weighted by Crippen LogP contribution is 2.31. The Morgan fingerprint density at radius 2 is 1.62 bits per heavy atom. The molecule has 29 heavy (non-hydrogen) atoms. The lowest BCUT2D eigenvalue weighted by atomic mass is 9.96. The van der Waals surface area contributed by atoms with Gasteiger partial charge in [0.05, 0.1) is 24.6 Å². The fraction of sp³-hybridized carbons (Fsp3) is 0.619. The largest absolute Gasteiger partial charge is 0.378 e. The number of likely N-dealkylation sites (tertiary alicyclic amines) is 2. The van der Waals surface area contributed by atoms with Crippen LogP contribution in [0.4, 0.5) is 16.2 Å². The number of nitrogens with one attached hydrogen (secondary N) is 1. The molecule has 1 N–H and O–H groups in total. The predicted octanol–water partition coefficient (Wildman–Crippen LogP) is 3.04. The van der Waals surface area contributed by atoms with E-state index in [1.54, 1.807) is 0 Å². The molecular weight excluding hydrogens is 392 g/mol. The van der Waals surface area contributed by atoms with Crippen LogP contribution in [0.25, 0.3) is 0 Å². The van der Waals surface area contributed by atoms with E-state index in [1.165, 1.54) is 0 Å². The lowest BCUT2D eigenvalue weighted by Crippen LogP contribution is -2.47. The molecule has 0 unspecified atom stereocenters. The fourth-order valence-electron chi connectivity index (χ4n) is 4.36. The van der Waals surface area contributed by atoms with Crippen LogP contribution in [0.3, 0.4) is 0 Å². The third kappa shape index (κ3) is 4.78. The van der Waals surface area contributed by atoms with Gasteiger partial charge in [0.2, 0.25) is 5.91 Å². The predicted molar refractivity (Wildman–Crippen MR) is 114 cm³/mol. The molecule has 3 aliphatic heterocycles. The first kappa shape index (κ1) is 20.3. The van der Waals surface area contributed by atoms with Crippen molar-refractivity contribution in [1.82, 2.24) is 9.80 Å². The summed E-state index contributed by atoms with van der Waals surface area (Å²) < 4.78 is 5.44. The Morgan fingerprint density at radius 3 is 2.31 bits per heavy atom. The zero-order valence-corrected chi connectivity index (χ0v) is 17.5. The van der Waals surface area contributed by atoms with Gasteiger partial charge >= 0.3 is 6.03 Å². The van der Waals surface area contributed by atoms with Crippen LogP contribution in [0.1, 0.15) is 25.7 Å². The second-order valence-corrected chi connectivity index (χ2v) is 8.42. The van der Waals surface area contributed by atoms with Gasteiger partial charge in [-0.2, -0.15) is 0 Å². The molecule has 8 heteroatoms. The lowest BCUT2D eigenvalue weighted by molar-refractivity contribution is -0.121. The number of benzene rings is 1. The monoisotopic (exact) mass is 420 g/mol. The summed E-state index contributed by atoms with van der Waals surface area (Å²) in [4.78, 5) is 31.5. The third-order valence-electron chi connectivity index (χ3n) is 6.08. The standard InChI is InChI=1S/C21H29ClN4O3/c22-17-3-4-19(24-11-13-29-14-12-24)18(15-17)23-20(27)16-5-9-26(10-6-16)21(28)25-7-1-2-8-25/h3-4,15-16H,1-2,5-14H2,(H,23,27). The number of nitrogens with zero attached hydrogens (tertiary/aromatic N) is 3. The van der Waals surface area contributed by atoms with Crippen LogP contribution in [0, 0.1) is 5.92 Å². The first-order valence-corrected chi connectivity index (χ1v) is 11.0. The van der Waals surface area contributed by atoms with E-state index in [0.29, 0.717) is 44.2 Å². The van der Waals surface area contributed by atoms with Crippen molar-refractivity contribution in [2.24, 2.45) is 5.92 Å². The minimum atomic E-state index is -0.0888. The molecule has 3 aliphatic rings. The number of carbonyl (C=O) groups excluding carboxylic acids is 2. The molecule has 0 spiro atoms. The molecule has 0 radical (unpaired) electrons. The summed E-state index contributed by atoms with van der Waals surface area (Å²) in [5, 5.41) is 3.70. The van der Waals surface area contributed by atoms with Gasteiger partial charge in [-0.1, -0.05) is 11.6 Å². The van der Waals surface area contributed by atoms with Gasteiger partial charge in [-0.15, -0.1) is 0 Å². The molecular formula is C21H29ClN4O3. The molecule has 1 aromatic carbocycles. The maximum atomic E-state index is 12.9. The lowest BCUT2D eigenvalue weighted by Gasteiger charge is -2.34. The van der Waals surface area contributed by atoms with E-state index in [2.05, 4.69) is 10.2 Å². The van der Waals surface area contributed by atoms with Crippen LogP contribution in [-0.2, 0) is 9.53 Å². The summed E-state index contributed by atoms with van der Waals surface area (Å²) in [7, 11) is 0. The number of anilines is 2. The number of carbonyl (C=O) groups is 2. The summed E-state index contributed by atoms with van der Waals surface area (Å²) in [6, 6.07) is 5.76. The zero-order chi connectivity index (χ0) is 20.2. The van der Waals surface area contributed by atoms with Crippen LogP contribution in [-0.4, -0.2) is 74.2 Å². The highest BCUT2D eigenvalue weighted by molar-refractivity contribution is 6.31. The Hall–Kier alpha value is -1.99. The number of ether oxygens (including phenoxy) is 1. The minimum Gasteiger partial charge on any atom is -0.378 e. The molecule has 4 rings (SSSR count). The molecule has 3 amide bonds. The van der Waals surface area contributed by atoms with Crippen molar-refractivity contribution in [1.29, 1.82) is 0 Å². The summed E-state index contributed by atoms with van der Waals surface area (Å²) in [6.07, 6.45) is 3.57. The number of halogens is 1. The maximum absolute atomic E-state index is 12.9. The van der Waals surface area contributed by atoms with Crippen molar-refractivity contribution in [3.8, 4) is 0 Å². The van der Waals surface area contributed by atoms with Crippen LogP contribution in [0.5, 0.6) is 0 Å². The number of amides is 3. The van der Waals surface area contributed by atoms with Gasteiger partial charge in [0.15, 0.2) is 0 Å². The van der Waals surface area contributed by atoms with E-state index < -0.39 is 0 Å². The van der Waals surface area contributed by atoms with Crippen LogP contribution < -0.4 is 10.2 Å². The number of piperidine rings is 1. The quantitative estimate of drug-likeness (QED) is 0.816. The Labute approximate surface area is 176 Å². The Morgan fingerprint density at radius 1 is 0.966 bits per heavy atom. The van der Waals surface area contributed by atoms with E-state index in [4.69, 9.17) is 16.3 Å². The Kier molecular flexibility index (Phi) is 6.45. The van der Waals surface area contributed by atoms with Gasteiger partial charge in [-0.3, -0.25) is 4.79 Å². The Bertz CT molecular complexity index is 739. The second kappa shape index (κ2) is 9.22. The number of rotatable bonds is 3. The molecule has 0 bridgehead atoms. The molecule has 0 aromatic heterocycles. The molecule has 1 aromatic rings. The van der Waals surface area contributed by atoms with Gasteiger partial charge in [0, 0.05) is 50.2 Å². The molecule has 3 saturated heterocycles. The fourth-order valence-corrected chi connectivity index (χ4v) is 4.54. The van der Waals surface area contributed by atoms with Crippen molar-refractivity contribution in [3.05, 3.63) is 23.2 Å². The van der Waals surface area contributed by atoms with E-state index in [1.807, 2.05) is 28.0 Å². The summed E-state index contributed by atoms with van der Waals surface area (Å²) in [5.41, 5.74) is 1.73. The number of morpholine rings is 1. The van der Waals surface area contributed by atoms with E-state index in [0.717, 1.165) is 50.4 Å². The third-order valence-corrected chi connectivity index (χ3v) is 6.32. The molecule has 7 nitrogen and oxygen atoms in total. The first-order valence-electron chi connectivity index (χ1n) is 10.6. The Balaban J connectivity index is 1.36. The minimum absolute atomic E-state index is 0.00930. The van der Waals surface area contributed by atoms with Gasteiger partial charge in [-0.05, 0) is 43.9 Å². The SMILES string of the molecule is O=C(Nc1cc(Cl)ccc1N1CCOCC1)C1CCN(C(=O)N2CCCC2)CC1. The highest BCUT2D eigenvalue weighted by atomic mass is 35.5. The zero-order valence-electron chi connectivity index (χ0n) is 16.7. The molecule has 0 aliphatic carbocycles. The molecule has 0 atom stereocenters. The second-order valence-electron chi connectivity index (χ2n) is 7.99. The number of hydrogen-bond acceptors (Lipinski definition) is 4. The molecule has 0 saturated carbocycles. The number of hydrogen-bond donors (Lipinski definition) is 1. The molecule has 158 valence electrons. The van der Waals surface area contributed by atoms with Gasteiger partial charge in [0.1, 0.15) is 0 Å². The van der Waals surface area contributed by atoms with E-state index in [-0.39, 0.29) is 17.9 Å². The summed E-state index contributed by atoms with van der Waals surface area (Å²) >= 11 is 6.20. The first-order chi connectivity index (χ1) is 14.1. The average molecular weight is 421 g/mol. The highest BCUT2D eigenvalue weighted by Gasteiger charge is 2.31. The van der Waals surface area contributed by atoms with E-state index >= 15 is 0 Å².